The SMILES string of the molecule is CCOC(=O)c1c(C)[nH]c(=O)c(C(N)=O)c1C(C)=O. The summed E-state index contributed by atoms with van der Waals surface area (Å²) in [5.41, 5.74) is 3.47. The normalized spacial score (nSPS) is 10.1. The minimum absolute atomic E-state index is 0.0979. The number of pyridine rings is 1. The minimum Gasteiger partial charge on any atom is -0.462 e. The molecule has 0 aliphatic rings. The molecule has 7 heteroatoms. The molecule has 0 aromatic carbocycles. The molecule has 3 N–H and O–H groups in total. The van der Waals surface area contributed by atoms with E-state index >= 15 is 0 Å². The molecule has 1 aromatic heterocycles. The topological polar surface area (TPSA) is 119 Å². The maximum absolute atomic E-state index is 11.8. The minimum atomic E-state index is -1.07. The number of aryl methyl sites for hydroxylation is 1. The van der Waals surface area contributed by atoms with Crippen LogP contribution in [0.5, 0.6) is 0 Å². The predicted octanol–water partition coefficient (Wildman–Crippen LogP) is 0.162. The zero-order valence-electron chi connectivity index (χ0n) is 10.8. The number of ketones is 1. The van der Waals surface area contributed by atoms with Crippen LogP contribution in [0.4, 0.5) is 0 Å². The summed E-state index contributed by atoms with van der Waals surface area (Å²) in [6, 6.07) is 0. The Bertz CT molecular complexity index is 615. The Kier molecular flexibility index (Phi) is 4.21. The monoisotopic (exact) mass is 266 g/mol. The van der Waals surface area contributed by atoms with E-state index in [0.717, 1.165) is 6.92 Å². The van der Waals surface area contributed by atoms with Crippen molar-refractivity contribution in [3.8, 4) is 0 Å². The number of hydrogen-bond acceptors (Lipinski definition) is 5. The van der Waals surface area contributed by atoms with Crippen molar-refractivity contribution < 1.29 is 19.1 Å². The van der Waals surface area contributed by atoms with Crippen LogP contribution in [0.25, 0.3) is 0 Å². The van der Waals surface area contributed by atoms with Crippen molar-refractivity contribution in [2.45, 2.75) is 20.8 Å². The number of aromatic nitrogens is 1. The maximum Gasteiger partial charge on any atom is 0.340 e. The molecule has 0 aliphatic carbocycles. The number of nitrogens with two attached hydrogens (primary N) is 1. The van der Waals surface area contributed by atoms with Crippen LogP contribution in [-0.2, 0) is 4.74 Å². The van der Waals surface area contributed by atoms with Gasteiger partial charge in [0.05, 0.1) is 17.7 Å². The van der Waals surface area contributed by atoms with Gasteiger partial charge in [-0.1, -0.05) is 0 Å². The number of carbonyl (C=O) groups excluding carboxylic acids is 3. The van der Waals surface area contributed by atoms with Crippen LogP contribution in [0.3, 0.4) is 0 Å². The van der Waals surface area contributed by atoms with Crippen molar-refractivity contribution in [1.82, 2.24) is 4.98 Å². The number of esters is 1. The van der Waals surface area contributed by atoms with E-state index in [9.17, 15) is 19.2 Å². The highest BCUT2D eigenvalue weighted by Crippen LogP contribution is 2.16. The van der Waals surface area contributed by atoms with Crippen LogP contribution >= 0.6 is 0 Å². The van der Waals surface area contributed by atoms with Gasteiger partial charge in [-0.2, -0.15) is 0 Å². The van der Waals surface area contributed by atoms with Gasteiger partial charge < -0.3 is 15.5 Å². The molecule has 102 valence electrons. The van der Waals surface area contributed by atoms with E-state index in [1.807, 2.05) is 0 Å². The number of H-pyrrole nitrogens is 1. The summed E-state index contributed by atoms with van der Waals surface area (Å²) in [7, 11) is 0. The average Bonchev–Trinajstić information content (AvgIpc) is 2.27. The highest BCUT2D eigenvalue weighted by atomic mass is 16.5. The fraction of sp³-hybridized carbons (Fsp3) is 0.333. The van der Waals surface area contributed by atoms with Crippen LogP contribution < -0.4 is 11.3 Å². The number of primary amides is 1. The largest absolute Gasteiger partial charge is 0.462 e. The lowest BCUT2D eigenvalue weighted by Crippen LogP contribution is -2.31. The summed E-state index contributed by atoms with van der Waals surface area (Å²) in [5, 5.41) is 0. The van der Waals surface area contributed by atoms with Gasteiger partial charge in [-0.05, 0) is 20.8 Å². The summed E-state index contributed by atoms with van der Waals surface area (Å²) in [6.07, 6.45) is 0. The van der Waals surface area contributed by atoms with Gasteiger partial charge in [0.15, 0.2) is 5.78 Å². The molecule has 0 aliphatic heterocycles. The molecule has 1 aromatic rings. The van der Waals surface area contributed by atoms with E-state index in [2.05, 4.69) is 4.98 Å². The lowest BCUT2D eigenvalue weighted by Gasteiger charge is -2.12. The van der Waals surface area contributed by atoms with Gasteiger partial charge in [-0.3, -0.25) is 14.4 Å². The molecule has 0 bridgehead atoms. The van der Waals surface area contributed by atoms with Gasteiger partial charge in [0.1, 0.15) is 5.56 Å². The van der Waals surface area contributed by atoms with Crippen molar-refractivity contribution in [1.29, 1.82) is 0 Å². The number of ether oxygens (including phenoxy) is 1. The van der Waals surface area contributed by atoms with Gasteiger partial charge in [0.2, 0.25) is 0 Å². The smallest absolute Gasteiger partial charge is 0.340 e. The first-order valence-corrected chi connectivity index (χ1v) is 5.56. The molecular weight excluding hydrogens is 252 g/mol. The molecule has 0 spiro atoms. The van der Waals surface area contributed by atoms with Gasteiger partial charge >= 0.3 is 5.97 Å². The van der Waals surface area contributed by atoms with E-state index in [1.54, 1.807) is 6.92 Å². The Hall–Kier alpha value is -2.44. The number of amides is 1. The van der Waals surface area contributed by atoms with Crippen LogP contribution in [0, 0.1) is 6.92 Å². The lowest BCUT2D eigenvalue weighted by molar-refractivity contribution is 0.0521. The Morgan fingerprint density at radius 1 is 1.21 bits per heavy atom. The molecule has 0 unspecified atom stereocenters. The van der Waals surface area contributed by atoms with Crippen LogP contribution in [0.2, 0.25) is 0 Å². The fourth-order valence-electron chi connectivity index (χ4n) is 1.77. The van der Waals surface area contributed by atoms with Crippen molar-refractivity contribution in [2.24, 2.45) is 5.73 Å². The molecule has 0 atom stereocenters. The molecule has 19 heavy (non-hydrogen) atoms. The Labute approximate surface area is 108 Å². The summed E-state index contributed by atoms with van der Waals surface area (Å²) in [6.45, 7) is 4.27. The standard InChI is InChI=1S/C12H14N2O5/c1-4-19-12(18)7-5(2)14-11(17)9(10(13)16)8(7)6(3)15/h4H2,1-3H3,(H2,13,16)(H,14,17). The van der Waals surface area contributed by atoms with Crippen molar-refractivity contribution in [2.75, 3.05) is 6.61 Å². The second-order valence-corrected chi connectivity index (χ2v) is 3.85. The quantitative estimate of drug-likeness (QED) is 0.594. The van der Waals surface area contributed by atoms with Gasteiger partial charge in [0, 0.05) is 5.69 Å². The summed E-state index contributed by atoms with van der Waals surface area (Å²) in [4.78, 5) is 48.7. The number of aromatic amines is 1. The van der Waals surface area contributed by atoms with Crippen molar-refractivity contribution in [3.05, 3.63) is 32.7 Å². The van der Waals surface area contributed by atoms with Crippen molar-refractivity contribution in [3.63, 3.8) is 0 Å². The van der Waals surface area contributed by atoms with E-state index in [-0.39, 0.29) is 23.4 Å². The second kappa shape index (κ2) is 5.47. The van der Waals surface area contributed by atoms with E-state index < -0.39 is 28.8 Å². The third-order valence-electron chi connectivity index (χ3n) is 2.48. The molecular formula is C12H14N2O5. The van der Waals surface area contributed by atoms with Gasteiger partial charge in [-0.15, -0.1) is 0 Å². The molecule has 1 rings (SSSR count). The predicted molar refractivity (Wildman–Crippen MR) is 66.3 cm³/mol. The average molecular weight is 266 g/mol. The highest BCUT2D eigenvalue weighted by molar-refractivity contribution is 6.13. The van der Waals surface area contributed by atoms with Crippen LogP contribution in [0.15, 0.2) is 4.79 Å². The van der Waals surface area contributed by atoms with E-state index in [0.29, 0.717) is 0 Å². The fourth-order valence-corrected chi connectivity index (χ4v) is 1.77. The van der Waals surface area contributed by atoms with Crippen LogP contribution in [0.1, 0.15) is 50.6 Å². The first-order valence-electron chi connectivity index (χ1n) is 5.56. The number of hydrogen-bond donors (Lipinski definition) is 2. The lowest BCUT2D eigenvalue weighted by atomic mass is 9.97. The molecule has 1 heterocycles. The first kappa shape index (κ1) is 14.6. The maximum atomic E-state index is 11.8. The third-order valence-corrected chi connectivity index (χ3v) is 2.48. The Morgan fingerprint density at radius 3 is 2.21 bits per heavy atom. The number of nitrogens with one attached hydrogen (secondary N) is 1. The summed E-state index contributed by atoms with van der Waals surface area (Å²) < 4.78 is 4.81. The van der Waals surface area contributed by atoms with E-state index in [1.165, 1.54) is 6.92 Å². The Morgan fingerprint density at radius 2 is 1.79 bits per heavy atom. The number of rotatable bonds is 4. The molecule has 0 saturated heterocycles. The molecule has 0 fully saturated rings. The van der Waals surface area contributed by atoms with Crippen molar-refractivity contribution >= 4 is 17.7 Å². The summed E-state index contributed by atoms with van der Waals surface area (Å²) >= 11 is 0. The van der Waals surface area contributed by atoms with Gasteiger partial charge in [-0.25, -0.2) is 4.79 Å². The Balaban J connectivity index is 3.76. The van der Waals surface area contributed by atoms with Gasteiger partial charge in [0.25, 0.3) is 11.5 Å². The molecule has 1 amide bonds. The van der Waals surface area contributed by atoms with E-state index in [4.69, 9.17) is 10.5 Å². The zero-order valence-corrected chi connectivity index (χ0v) is 10.8. The first-order chi connectivity index (χ1) is 8.81. The molecule has 0 saturated carbocycles. The number of Topliss-reactive ketones (excluding diaryl/α,β-unsaturated/α-hetero) is 1. The molecule has 7 nitrogen and oxygen atoms in total. The summed E-state index contributed by atoms with van der Waals surface area (Å²) in [5.74, 6) is -2.47. The third kappa shape index (κ3) is 2.70. The highest BCUT2D eigenvalue weighted by Gasteiger charge is 2.27. The molecule has 0 radical (unpaired) electrons. The second-order valence-electron chi connectivity index (χ2n) is 3.85. The zero-order chi connectivity index (χ0) is 14.7. The van der Waals surface area contributed by atoms with Crippen LogP contribution in [-0.4, -0.2) is 29.3 Å². The number of carbonyl (C=O) groups is 3.